The van der Waals surface area contributed by atoms with Crippen LogP contribution in [0.15, 0.2) is 46.9 Å². The zero-order valence-electron chi connectivity index (χ0n) is 15.4. The Kier molecular flexibility index (Phi) is 5.40. The Bertz CT molecular complexity index is 1120. The van der Waals surface area contributed by atoms with Crippen molar-refractivity contribution in [3.8, 4) is 10.7 Å². The fourth-order valence-electron chi connectivity index (χ4n) is 2.99. The number of nitrogens with zero attached hydrogens (tertiary/aromatic N) is 3. The smallest absolute Gasteiger partial charge is 0.340 e. The van der Waals surface area contributed by atoms with E-state index in [1.807, 2.05) is 48.7 Å². The topological polar surface area (TPSA) is 80.8 Å². The van der Waals surface area contributed by atoms with Crippen molar-refractivity contribution in [2.75, 3.05) is 6.61 Å². The summed E-state index contributed by atoms with van der Waals surface area (Å²) in [4.78, 5) is 22.9. The van der Waals surface area contributed by atoms with Gasteiger partial charge in [-0.3, -0.25) is 10.1 Å². The molecule has 1 aromatic carbocycles. The van der Waals surface area contributed by atoms with Crippen molar-refractivity contribution in [2.24, 2.45) is 0 Å². The Morgan fingerprint density at radius 1 is 1.21 bits per heavy atom. The van der Waals surface area contributed by atoms with Gasteiger partial charge in [-0.2, -0.15) is 0 Å². The molecular weight excluding hydrogens is 392 g/mol. The molecule has 6 nitrogen and oxygen atoms in total. The molecule has 0 saturated heterocycles. The second-order valence-electron chi connectivity index (χ2n) is 6.03. The number of hydrogen-bond donors (Lipinski definition) is 1. The summed E-state index contributed by atoms with van der Waals surface area (Å²) in [5.74, 6) is 0.871. The predicted molar refractivity (Wildman–Crippen MR) is 112 cm³/mol. The molecule has 0 bridgehead atoms. The SMILES string of the molecule is CCOC(=O)c1c(CSc2n[nH]c(-c3cccs3)n2)nc2ccccc2c1C. The lowest BCUT2D eigenvalue weighted by atomic mass is 10.0. The number of carbonyl (C=O) groups is 1. The predicted octanol–water partition coefficient (Wildman–Crippen LogP) is 4.86. The maximum atomic E-state index is 12.6. The van der Waals surface area contributed by atoms with Crippen LogP contribution < -0.4 is 0 Å². The van der Waals surface area contributed by atoms with Crippen LogP contribution in [0.25, 0.3) is 21.6 Å². The number of thioether (sulfide) groups is 1. The number of esters is 1. The lowest BCUT2D eigenvalue weighted by Gasteiger charge is -2.13. The summed E-state index contributed by atoms with van der Waals surface area (Å²) in [5, 5.41) is 10.8. The average molecular weight is 411 g/mol. The van der Waals surface area contributed by atoms with Gasteiger partial charge < -0.3 is 4.74 Å². The Labute approximate surface area is 170 Å². The van der Waals surface area contributed by atoms with Crippen molar-refractivity contribution in [3.63, 3.8) is 0 Å². The van der Waals surface area contributed by atoms with Crippen molar-refractivity contribution in [2.45, 2.75) is 24.8 Å². The van der Waals surface area contributed by atoms with Crippen LogP contribution in [0.4, 0.5) is 0 Å². The summed E-state index contributed by atoms with van der Waals surface area (Å²) < 4.78 is 5.28. The molecule has 1 N–H and O–H groups in total. The minimum atomic E-state index is -0.344. The molecule has 4 rings (SSSR count). The molecule has 3 aromatic heterocycles. The second-order valence-corrected chi connectivity index (χ2v) is 7.92. The molecule has 0 fully saturated rings. The van der Waals surface area contributed by atoms with E-state index in [2.05, 4.69) is 15.2 Å². The van der Waals surface area contributed by atoms with Gasteiger partial charge in [0.25, 0.3) is 0 Å². The third-order valence-corrected chi connectivity index (χ3v) is 6.00. The number of aromatic nitrogens is 4. The fourth-order valence-corrected chi connectivity index (χ4v) is 4.39. The van der Waals surface area contributed by atoms with Gasteiger partial charge in [-0.15, -0.1) is 16.4 Å². The van der Waals surface area contributed by atoms with Gasteiger partial charge in [0.1, 0.15) is 0 Å². The number of fused-ring (bicyclic) bond motifs is 1. The lowest BCUT2D eigenvalue weighted by molar-refractivity contribution is 0.0524. The standard InChI is InChI=1S/C20H18N4O2S2/c1-3-26-19(25)17-12(2)13-7-4-5-8-14(13)21-15(17)11-28-20-22-18(23-24-20)16-9-6-10-27-16/h4-10H,3,11H2,1-2H3,(H,22,23,24). The first-order valence-electron chi connectivity index (χ1n) is 8.81. The molecular formula is C20H18N4O2S2. The minimum absolute atomic E-state index is 0.322. The Morgan fingerprint density at radius 2 is 2.07 bits per heavy atom. The zero-order chi connectivity index (χ0) is 19.5. The fraction of sp³-hybridized carbons (Fsp3) is 0.200. The number of nitrogens with one attached hydrogen (secondary N) is 1. The Morgan fingerprint density at radius 3 is 2.86 bits per heavy atom. The number of H-pyrrole nitrogens is 1. The van der Waals surface area contributed by atoms with Gasteiger partial charge in [-0.25, -0.2) is 9.78 Å². The summed E-state index contributed by atoms with van der Waals surface area (Å²) in [7, 11) is 0. The molecule has 0 unspecified atom stereocenters. The van der Waals surface area contributed by atoms with Crippen LogP contribution in [0.2, 0.25) is 0 Å². The van der Waals surface area contributed by atoms with Crippen LogP contribution in [0.3, 0.4) is 0 Å². The maximum absolute atomic E-state index is 12.6. The highest BCUT2D eigenvalue weighted by molar-refractivity contribution is 7.98. The number of pyridine rings is 1. The van der Waals surface area contributed by atoms with Crippen molar-refractivity contribution in [1.29, 1.82) is 0 Å². The molecule has 0 aliphatic heterocycles. The van der Waals surface area contributed by atoms with E-state index in [4.69, 9.17) is 9.72 Å². The molecule has 0 spiro atoms. The molecule has 0 saturated carbocycles. The van der Waals surface area contributed by atoms with Crippen molar-refractivity contribution in [3.05, 3.63) is 58.6 Å². The highest BCUT2D eigenvalue weighted by Crippen LogP contribution is 2.29. The normalized spacial score (nSPS) is 11.1. The van der Waals surface area contributed by atoms with E-state index >= 15 is 0 Å². The molecule has 0 aliphatic carbocycles. The van der Waals surface area contributed by atoms with Crippen LogP contribution in [0, 0.1) is 6.92 Å². The van der Waals surface area contributed by atoms with Crippen LogP contribution in [-0.4, -0.2) is 32.7 Å². The van der Waals surface area contributed by atoms with E-state index in [0.29, 0.717) is 28.8 Å². The molecule has 3 heterocycles. The number of thiophene rings is 1. The summed E-state index contributed by atoms with van der Waals surface area (Å²) in [5.41, 5.74) is 2.95. The third kappa shape index (κ3) is 3.65. The minimum Gasteiger partial charge on any atom is -0.462 e. The van der Waals surface area contributed by atoms with Crippen molar-refractivity contribution < 1.29 is 9.53 Å². The molecule has 28 heavy (non-hydrogen) atoms. The lowest BCUT2D eigenvalue weighted by Crippen LogP contribution is -2.12. The van der Waals surface area contributed by atoms with Crippen LogP contribution in [0.5, 0.6) is 0 Å². The van der Waals surface area contributed by atoms with Gasteiger partial charge in [0.15, 0.2) is 5.82 Å². The third-order valence-electron chi connectivity index (χ3n) is 4.26. The molecule has 0 amide bonds. The second kappa shape index (κ2) is 8.12. The van der Waals surface area contributed by atoms with Crippen LogP contribution in [-0.2, 0) is 10.5 Å². The van der Waals surface area contributed by atoms with Crippen molar-refractivity contribution in [1.82, 2.24) is 20.2 Å². The van der Waals surface area contributed by atoms with Gasteiger partial charge in [0.05, 0.1) is 28.3 Å². The van der Waals surface area contributed by atoms with Gasteiger partial charge in [-0.1, -0.05) is 36.0 Å². The average Bonchev–Trinajstić information content (AvgIpc) is 3.38. The van der Waals surface area contributed by atoms with E-state index in [0.717, 1.165) is 27.2 Å². The van der Waals surface area contributed by atoms with Crippen LogP contribution >= 0.6 is 23.1 Å². The first kappa shape index (κ1) is 18.6. The van der Waals surface area contributed by atoms with Gasteiger partial charge in [0, 0.05) is 11.1 Å². The Hall–Kier alpha value is -2.71. The zero-order valence-corrected chi connectivity index (χ0v) is 17.1. The number of carbonyl (C=O) groups excluding carboxylic acids is 1. The maximum Gasteiger partial charge on any atom is 0.340 e. The van der Waals surface area contributed by atoms with Crippen LogP contribution in [0.1, 0.15) is 28.5 Å². The molecule has 8 heteroatoms. The van der Waals surface area contributed by atoms with Gasteiger partial charge in [0.2, 0.25) is 5.16 Å². The van der Waals surface area contributed by atoms with Gasteiger partial charge in [-0.05, 0) is 36.9 Å². The quantitative estimate of drug-likeness (QED) is 0.361. The monoisotopic (exact) mass is 410 g/mol. The number of rotatable bonds is 6. The molecule has 0 aliphatic rings. The van der Waals surface area contributed by atoms with E-state index in [-0.39, 0.29) is 5.97 Å². The number of para-hydroxylation sites is 1. The van der Waals surface area contributed by atoms with E-state index in [1.165, 1.54) is 11.8 Å². The highest BCUT2D eigenvalue weighted by atomic mass is 32.2. The first-order chi connectivity index (χ1) is 13.7. The summed E-state index contributed by atoms with van der Waals surface area (Å²) >= 11 is 3.04. The summed E-state index contributed by atoms with van der Waals surface area (Å²) in [6.45, 7) is 4.06. The number of aromatic amines is 1. The number of ether oxygens (including phenoxy) is 1. The summed E-state index contributed by atoms with van der Waals surface area (Å²) in [6, 6.07) is 11.8. The number of hydrogen-bond acceptors (Lipinski definition) is 7. The molecule has 0 atom stereocenters. The van der Waals surface area contributed by atoms with Gasteiger partial charge >= 0.3 is 5.97 Å². The first-order valence-corrected chi connectivity index (χ1v) is 10.7. The number of benzene rings is 1. The molecule has 142 valence electrons. The largest absolute Gasteiger partial charge is 0.462 e. The van der Waals surface area contributed by atoms with Crippen molar-refractivity contribution >= 4 is 40.0 Å². The molecule has 4 aromatic rings. The van der Waals surface area contributed by atoms with E-state index in [1.54, 1.807) is 18.3 Å². The summed E-state index contributed by atoms with van der Waals surface area (Å²) in [6.07, 6.45) is 0. The highest BCUT2D eigenvalue weighted by Gasteiger charge is 2.20. The number of aryl methyl sites for hydroxylation is 1. The van der Waals surface area contributed by atoms with E-state index < -0.39 is 0 Å². The van der Waals surface area contributed by atoms with E-state index in [9.17, 15) is 4.79 Å². The molecule has 0 radical (unpaired) electrons. The Balaban J connectivity index is 1.65.